The Morgan fingerprint density at radius 1 is 1.33 bits per heavy atom. The maximum Gasteiger partial charge on any atom is 0.148 e. The molecular formula is C17H20BrNO2. The van der Waals surface area contributed by atoms with Crippen molar-refractivity contribution in [2.75, 3.05) is 6.61 Å². The predicted octanol–water partition coefficient (Wildman–Crippen LogP) is 4.54. The van der Waals surface area contributed by atoms with Crippen LogP contribution in [0.5, 0.6) is 0 Å². The summed E-state index contributed by atoms with van der Waals surface area (Å²) in [6.07, 6.45) is 5.79. The van der Waals surface area contributed by atoms with Crippen molar-refractivity contribution in [3.8, 4) is 0 Å². The third-order valence-corrected chi connectivity index (χ3v) is 5.77. The molecule has 2 atom stereocenters. The van der Waals surface area contributed by atoms with E-state index < -0.39 is 0 Å². The molecule has 1 aromatic carbocycles. The zero-order valence-electron chi connectivity index (χ0n) is 12.0. The van der Waals surface area contributed by atoms with E-state index in [4.69, 9.17) is 14.9 Å². The van der Waals surface area contributed by atoms with E-state index in [1.165, 1.54) is 19.3 Å². The first-order chi connectivity index (χ1) is 10.2. The van der Waals surface area contributed by atoms with Crippen LogP contribution in [0, 0.1) is 5.92 Å². The summed E-state index contributed by atoms with van der Waals surface area (Å²) in [5.41, 5.74) is 7.55. The van der Waals surface area contributed by atoms with Crippen molar-refractivity contribution in [3.63, 3.8) is 0 Å². The molecule has 0 radical (unpaired) electrons. The van der Waals surface area contributed by atoms with Crippen molar-refractivity contribution >= 4 is 26.9 Å². The maximum absolute atomic E-state index is 6.52. The van der Waals surface area contributed by atoms with Crippen LogP contribution in [0.1, 0.15) is 43.9 Å². The van der Waals surface area contributed by atoms with Gasteiger partial charge in [0.05, 0.1) is 16.1 Å². The topological polar surface area (TPSA) is 48.4 Å². The van der Waals surface area contributed by atoms with Crippen molar-refractivity contribution in [2.24, 2.45) is 11.7 Å². The number of halogens is 1. The minimum absolute atomic E-state index is 0.0364. The summed E-state index contributed by atoms with van der Waals surface area (Å²) >= 11 is 3.54. The summed E-state index contributed by atoms with van der Waals surface area (Å²) in [6, 6.07) is 8.14. The highest BCUT2D eigenvalue weighted by atomic mass is 79.9. The van der Waals surface area contributed by atoms with Crippen LogP contribution in [0.25, 0.3) is 11.0 Å². The van der Waals surface area contributed by atoms with Gasteiger partial charge in [-0.15, -0.1) is 0 Å². The SMILES string of the molecule is NC(c1cc2cccc(Br)c2o1)C1CCOC2(CCC2)C1. The van der Waals surface area contributed by atoms with E-state index >= 15 is 0 Å². The average molecular weight is 350 g/mol. The molecule has 1 spiro atoms. The van der Waals surface area contributed by atoms with Crippen molar-refractivity contribution in [2.45, 2.75) is 43.7 Å². The zero-order chi connectivity index (χ0) is 14.4. The molecule has 4 rings (SSSR count). The molecule has 1 saturated carbocycles. The molecule has 21 heavy (non-hydrogen) atoms. The van der Waals surface area contributed by atoms with Gasteiger partial charge in [-0.2, -0.15) is 0 Å². The number of ether oxygens (including phenoxy) is 1. The second-order valence-electron chi connectivity index (χ2n) is 6.47. The first-order valence-electron chi connectivity index (χ1n) is 7.74. The lowest BCUT2D eigenvalue weighted by molar-refractivity contribution is -0.146. The largest absolute Gasteiger partial charge is 0.458 e. The lowest BCUT2D eigenvalue weighted by Gasteiger charge is -2.48. The summed E-state index contributed by atoms with van der Waals surface area (Å²) in [5, 5.41) is 1.11. The fourth-order valence-electron chi connectivity index (χ4n) is 3.74. The lowest BCUT2D eigenvalue weighted by Crippen LogP contribution is -2.47. The molecule has 112 valence electrons. The van der Waals surface area contributed by atoms with E-state index in [2.05, 4.69) is 28.1 Å². The van der Waals surface area contributed by atoms with Crippen LogP contribution in [-0.4, -0.2) is 12.2 Å². The standard InChI is InChI=1S/C17H20BrNO2/c18-13-4-1-3-11-9-14(21-16(11)13)15(19)12-5-8-20-17(10-12)6-2-7-17/h1,3-4,9,12,15H,2,5-8,10,19H2. The molecule has 1 saturated heterocycles. The van der Waals surface area contributed by atoms with Gasteiger partial charge in [-0.25, -0.2) is 0 Å². The zero-order valence-corrected chi connectivity index (χ0v) is 13.6. The van der Waals surface area contributed by atoms with E-state index in [0.717, 1.165) is 40.7 Å². The number of benzene rings is 1. The summed E-state index contributed by atoms with van der Waals surface area (Å²) in [6.45, 7) is 0.836. The van der Waals surface area contributed by atoms with Gasteiger partial charge in [0.25, 0.3) is 0 Å². The van der Waals surface area contributed by atoms with E-state index in [1.807, 2.05) is 12.1 Å². The van der Waals surface area contributed by atoms with Crippen molar-refractivity contribution in [1.29, 1.82) is 0 Å². The molecule has 2 N–H and O–H groups in total. The van der Waals surface area contributed by atoms with E-state index in [-0.39, 0.29) is 11.6 Å². The van der Waals surface area contributed by atoms with Gasteiger partial charge in [0, 0.05) is 12.0 Å². The Balaban J connectivity index is 1.60. The molecule has 4 heteroatoms. The number of nitrogens with two attached hydrogens (primary N) is 1. The summed E-state index contributed by atoms with van der Waals surface area (Å²) in [5.74, 6) is 1.36. The van der Waals surface area contributed by atoms with Gasteiger partial charge in [0.2, 0.25) is 0 Å². The third-order valence-electron chi connectivity index (χ3n) is 5.15. The summed E-state index contributed by atoms with van der Waals surface area (Å²) in [7, 11) is 0. The van der Waals surface area contributed by atoms with E-state index in [1.54, 1.807) is 0 Å². The second-order valence-corrected chi connectivity index (χ2v) is 7.32. The van der Waals surface area contributed by atoms with Crippen molar-refractivity contribution < 1.29 is 9.15 Å². The minimum Gasteiger partial charge on any atom is -0.458 e. The fraction of sp³-hybridized carbons (Fsp3) is 0.529. The molecule has 0 amide bonds. The van der Waals surface area contributed by atoms with Gasteiger partial charge in [0.1, 0.15) is 11.3 Å². The molecule has 2 fully saturated rings. The number of para-hydroxylation sites is 1. The van der Waals surface area contributed by atoms with Gasteiger partial charge >= 0.3 is 0 Å². The Labute approximate surface area is 133 Å². The molecular weight excluding hydrogens is 330 g/mol. The first kappa shape index (κ1) is 13.8. The monoisotopic (exact) mass is 349 g/mol. The Hall–Kier alpha value is -0.840. The smallest absolute Gasteiger partial charge is 0.148 e. The normalized spacial score (nSPS) is 25.9. The van der Waals surface area contributed by atoms with Gasteiger partial charge in [-0.05, 0) is 66.1 Å². The van der Waals surface area contributed by atoms with Gasteiger partial charge in [-0.1, -0.05) is 12.1 Å². The number of rotatable bonds is 2. The highest BCUT2D eigenvalue weighted by Gasteiger charge is 2.44. The predicted molar refractivity (Wildman–Crippen MR) is 86.1 cm³/mol. The van der Waals surface area contributed by atoms with Crippen LogP contribution in [0.15, 0.2) is 33.2 Å². The molecule has 1 aromatic heterocycles. The number of hydrogen-bond donors (Lipinski definition) is 1. The average Bonchev–Trinajstić information content (AvgIpc) is 2.90. The van der Waals surface area contributed by atoms with Crippen molar-refractivity contribution in [1.82, 2.24) is 0 Å². The first-order valence-corrected chi connectivity index (χ1v) is 8.54. The second kappa shape index (κ2) is 5.11. The number of furan rings is 1. The van der Waals surface area contributed by atoms with Crippen LogP contribution in [0.4, 0.5) is 0 Å². The highest BCUT2D eigenvalue weighted by molar-refractivity contribution is 9.10. The molecule has 3 nitrogen and oxygen atoms in total. The summed E-state index contributed by atoms with van der Waals surface area (Å²) in [4.78, 5) is 0. The van der Waals surface area contributed by atoms with Crippen LogP contribution >= 0.6 is 15.9 Å². The quantitative estimate of drug-likeness (QED) is 0.865. The molecule has 2 unspecified atom stereocenters. The molecule has 1 aliphatic carbocycles. The lowest BCUT2D eigenvalue weighted by atomic mass is 9.70. The Morgan fingerprint density at radius 3 is 2.90 bits per heavy atom. The van der Waals surface area contributed by atoms with Crippen molar-refractivity contribution in [3.05, 3.63) is 34.5 Å². The van der Waals surface area contributed by atoms with E-state index in [0.29, 0.717) is 5.92 Å². The number of fused-ring (bicyclic) bond motifs is 1. The van der Waals surface area contributed by atoms with Gasteiger partial charge in [-0.3, -0.25) is 0 Å². The Morgan fingerprint density at radius 2 is 2.19 bits per heavy atom. The Bertz CT molecular complexity index is 662. The maximum atomic E-state index is 6.52. The third kappa shape index (κ3) is 2.33. The van der Waals surface area contributed by atoms with Gasteiger partial charge < -0.3 is 14.9 Å². The fourth-order valence-corrected chi connectivity index (χ4v) is 4.20. The van der Waals surface area contributed by atoms with Crippen LogP contribution in [-0.2, 0) is 4.74 Å². The number of hydrogen-bond acceptors (Lipinski definition) is 3. The highest BCUT2D eigenvalue weighted by Crippen LogP contribution is 2.47. The molecule has 1 aliphatic heterocycles. The Kier molecular flexibility index (Phi) is 3.36. The van der Waals surface area contributed by atoms with Crippen LogP contribution in [0.3, 0.4) is 0 Å². The molecule has 0 bridgehead atoms. The van der Waals surface area contributed by atoms with E-state index in [9.17, 15) is 0 Å². The van der Waals surface area contributed by atoms with Crippen LogP contribution < -0.4 is 5.73 Å². The molecule has 2 aromatic rings. The summed E-state index contributed by atoms with van der Waals surface area (Å²) < 4.78 is 13.0. The molecule has 2 heterocycles. The molecule has 2 aliphatic rings. The minimum atomic E-state index is -0.0364. The van der Waals surface area contributed by atoms with Crippen LogP contribution in [0.2, 0.25) is 0 Å². The van der Waals surface area contributed by atoms with Gasteiger partial charge in [0.15, 0.2) is 0 Å².